The highest BCUT2D eigenvalue weighted by atomic mass is 32.2. The summed E-state index contributed by atoms with van der Waals surface area (Å²) in [5, 5.41) is 4.49. The summed E-state index contributed by atoms with van der Waals surface area (Å²) in [4.78, 5) is 23.3. The van der Waals surface area contributed by atoms with Crippen molar-refractivity contribution in [1.82, 2.24) is 15.3 Å². The van der Waals surface area contributed by atoms with Gasteiger partial charge in [0.1, 0.15) is 10.6 Å². The average molecular weight is 401 g/mol. The average Bonchev–Trinajstić information content (AvgIpc) is 2.94. The van der Waals surface area contributed by atoms with Crippen molar-refractivity contribution in [2.24, 2.45) is 0 Å². The number of nitrogens with two attached hydrogens (primary N) is 1. The Kier molecular flexibility index (Phi) is 6.01. The standard InChI is InChI=1S/C20H24N4OS2/c1-5-14-6-8-15(9-7-14)12(3)22-16(25)10-26-20-23-18(21)17-11(2)13(4)27-19(17)24-20/h6-9,12H,5,10H2,1-4H3,(H,22,25)(H2,21,23,24). The normalized spacial score (nSPS) is 12.3. The molecule has 1 atom stereocenters. The molecule has 0 fully saturated rings. The number of carbonyl (C=O) groups excluding carboxylic acids is 1. The van der Waals surface area contributed by atoms with Crippen LogP contribution in [0, 0.1) is 13.8 Å². The number of nitrogen functional groups attached to an aromatic ring is 1. The maximum Gasteiger partial charge on any atom is 0.230 e. The lowest BCUT2D eigenvalue weighted by atomic mass is 10.1. The van der Waals surface area contributed by atoms with Gasteiger partial charge in [0.2, 0.25) is 5.91 Å². The molecule has 0 spiro atoms. The topological polar surface area (TPSA) is 80.9 Å². The molecule has 3 rings (SSSR count). The van der Waals surface area contributed by atoms with Crippen molar-refractivity contribution < 1.29 is 4.79 Å². The van der Waals surface area contributed by atoms with Crippen LogP contribution in [0.1, 0.15) is 41.5 Å². The number of rotatable bonds is 6. The molecule has 27 heavy (non-hydrogen) atoms. The van der Waals surface area contributed by atoms with Crippen LogP contribution in [0.5, 0.6) is 0 Å². The second-order valence-electron chi connectivity index (χ2n) is 6.53. The number of hydrogen-bond donors (Lipinski definition) is 2. The van der Waals surface area contributed by atoms with Crippen LogP contribution in [0.3, 0.4) is 0 Å². The summed E-state index contributed by atoms with van der Waals surface area (Å²) < 4.78 is 0. The molecular weight excluding hydrogens is 376 g/mol. The summed E-state index contributed by atoms with van der Waals surface area (Å²) in [5.41, 5.74) is 9.61. The third kappa shape index (κ3) is 4.42. The van der Waals surface area contributed by atoms with Crippen LogP contribution in [0.25, 0.3) is 10.2 Å². The van der Waals surface area contributed by atoms with Crippen molar-refractivity contribution in [2.75, 3.05) is 11.5 Å². The molecule has 0 radical (unpaired) electrons. The minimum atomic E-state index is -0.0483. The number of thioether (sulfide) groups is 1. The highest BCUT2D eigenvalue weighted by Crippen LogP contribution is 2.33. The fourth-order valence-corrected chi connectivity index (χ4v) is 4.62. The number of nitrogens with one attached hydrogen (secondary N) is 1. The van der Waals surface area contributed by atoms with Crippen molar-refractivity contribution in [3.05, 3.63) is 45.8 Å². The third-order valence-corrected chi connectivity index (χ3v) is 6.58. The SMILES string of the molecule is CCc1ccc(C(C)NC(=O)CSc2nc(N)c3c(C)c(C)sc3n2)cc1. The number of hydrogen-bond acceptors (Lipinski definition) is 6. The zero-order valence-corrected chi connectivity index (χ0v) is 17.6. The molecule has 0 aliphatic heterocycles. The molecule has 3 aromatic rings. The van der Waals surface area contributed by atoms with Gasteiger partial charge in [-0.1, -0.05) is 43.0 Å². The highest BCUT2D eigenvalue weighted by Gasteiger charge is 2.15. The smallest absolute Gasteiger partial charge is 0.230 e. The largest absolute Gasteiger partial charge is 0.383 e. The molecule has 1 amide bonds. The number of benzene rings is 1. The molecule has 0 saturated heterocycles. The van der Waals surface area contributed by atoms with Crippen molar-refractivity contribution in [3.63, 3.8) is 0 Å². The van der Waals surface area contributed by atoms with Crippen LogP contribution in [0.4, 0.5) is 5.82 Å². The number of nitrogens with zero attached hydrogens (tertiary/aromatic N) is 2. The van der Waals surface area contributed by atoms with Gasteiger partial charge in [0.05, 0.1) is 17.2 Å². The molecular formula is C20H24N4OS2. The lowest BCUT2D eigenvalue weighted by Crippen LogP contribution is -2.28. The number of fused-ring (bicyclic) bond motifs is 1. The van der Waals surface area contributed by atoms with Crippen LogP contribution in [0.15, 0.2) is 29.4 Å². The van der Waals surface area contributed by atoms with E-state index in [-0.39, 0.29) is 17.7 Å². The second kappa shape index (κ2) is 8.27. The molecule has 7 heteroatoms. The predicted molar refractivity (Wildman–Crippen MR) is 114 cm³/mol. The zero-order chi connectivity index (χ0) is 19.6. The number of anilines is 1. The maximum atomic E-state index is 12.3. The van der Waals surface area contributed by atoms with Gasteiger partial charge in [0, 0.05) is 4.88 Å². The lowest BCUT2D eigenvalue weighted by molar-refractivity contribution is -0.119. The van der Waals surface area contributed by atoms with Crippen LogP contribution in [-0.2, 0) is 11.2 Å². The Labute approximate surface area is 167 Å². The van der Waals surface area contributed by atoms with E-state index in [1.807, 2.05) is 13.8 Å². The molecule has 0 bridgehead atoms. The van der Waals surface area contributed by atoms with Gasteiger partial charge >= 0.3 is 0 Å². The quantitative estimate of drug-likeness (QED) is 0.473. The van der Waals surface area contributed by atoms with Crippen molar-refractivity contribution >= 4 is 45.0 Å². The molecule has 0 aliphatic carbocycles. The summed E-state index contributed by atoms with van der Waals surface area (Å²) in [7, 11) is 0. The Morgan fingerprint density at radius 1 is 1.26 bits per heavy atom. The van der Waals surface area contributed by atoms with Gasteiger partial charge in [0.25, 0.3) is 0 Å². The number of aryl methyl sites for hydroxylation is 3. The predicted octanol–water partition coefficient (Wildman–Crippen LogP) is 4.42. The molecule has 2 aromatic heterocycles. The lowest BCUT2D eigenvalue weighted by Gasteiger charge is -2.14. The summed E-state index contributed by atoms with van der Waals surface area (Å²) >= 11 is 2.92. The number of amides is 1. The van der Waals surface area contributed by atoms with Gasteiger partial charge in [-0.15, -0.1) is 11.3 Å². The van der Waals surface area contributed by atoms with Crippen LogP contribution >= 0.6 is 23.1 Å². The molecule has 1 unspecified atom stereocenters. The Hall–Kier alpha value is -2.12. The first-order valence-electron chi connectivity index (χ1n) is 8.93. The summed E-state index contributed by atoms with van der Waals surface area (Å²) in [6.07, 6.45) is 1.01. The van der Waals surface area contributed by atoms with Crippen molar-refractivity contribution in [2.45, 2.75) is 45.3 Å². The summed E-state index contributed by atoms with van der Waals surface area (Å²) in [6, 6.07) is 8.29. The van der Waals surface area contributed by atoms with Crippen LogP contribution < -0.4 is 11.1 Å². The van der Waals surface area contributed by atoms with E-state index >= 15 is 0 Å². The fraction of sp³-hybridized carbons (Fsp3) is 0.350. The van der Waals surface area contributed by atoms with Gasteiger partial charge in [-0.3, -0.25) is 4.79 Å². The highest BCUT2D eigenvalue weighted by molar-refractivity contribution is 7.99. The van der Waals surface area contributed by atoms with E-state index in [4.69, 9.17) is 5.73 Å². The Bertz CT molecular complexity index is 966. The molecule has 3 N–H and O–H groups in total. The van der Waals surface area contributed by atoms with Gasteiger partial charge in [0.15, 0.2) is 5.16 Å². The molecule has 142 valence electrons. The first kappa shape index (κ1) is 19.6. The van der Waals surface area contributed by atoms with Crippen LogP contribution in [-0.4, -0.2) is 21.6 Å². The van der Waals surface area contributed by atoms with E-state index in [0.29, 0.717) is 11.0 Å². The Morgan fingerprint density at radius 3 is 2.63 bits per heavy atom. The van der Waals surface area contributed by atoms with E-state index in [9.17, 15) is 4.79 Å². The maximum absolute atomic E-state index is 12.3. The molecule has 1 aromatic carbocycles. The minimum absolute atomic E-state index is 0.0416. The van der Waals surface area contributed by atoms with E-state index < -0.39 is 0 Å². The number of carbonyl (C=O) groups is 1. The summed E-state index contributed by atoms with van der Waals surface area (Å²) in [5.74, 6) is 0.688. The zero-order valence-electron chi connectivity index (χ0n) is 16.0. The Morgan fingerprint density at radius 2 is 1.96 bits per heavy atom. The van der Waals surface area contributed by atoms with E-state index in [0.717, 1.165) is 27.8 Å². The Balaban J connectivity index is 1.62. The second-order valence-corrected chi connectivity index (χ2v) is 8.67. The van der Waals surface area contributed by atoms with Gasteiger partial charge < -0.3 is 11.1 Å². The van der Waals surface area contributed by atoms with E-state index in [2.05, 4.69) is 53.4 Å². The van der Waals surface area contributed by atoms with Crippen molar-refractivity contribution in [3.8, 4) is 0 Å². The van der Waals surface area contributed by atoms with Gasteiger partial charge in [-0.25, -0.2) is 9.97 Å². The summed E-state index contributed by atoms with van der Waals surface area (Å²) in [6.45, 7) is 8.20. The van der Waals surface area contributed by atoms with Gasteiger partial charge in [-0.2, -0.15) is 0 Å². The molecule has 2 heterocycles. The van der Waals surface area contributed by atoms with Crippen molar-refractivity contribution in [1.29, 1.82) is 0 Å². The fourth-order valence-electron chi connectivity index (χ4n) is 2.86. The molecule has 5 nitrogen and oxygen atoms in total. The first-order valence-corrected chi connectivity index (χ1v) is 10.7. The third-order valence-electron chi connectivity index (χ3n) is 4.63. The van der Waals surface area contributed by atoms with E-state index in [1.54, 1.807) is 11.3 Å². The van der Waals surface area contributed by atoms with Gasteiger partial charge in [-0.05, 0) is 43.9 Å². The van der Waals surface area contributed by atoms with E-state index in [1.165, 1.54) is 22.2 Å². The molecule has 0 aliphatic rings. The monoisotopic (exact) mass is 400 g/mol. The molecule has 0 saturated carbocycles. The number of aromatic nitrogens is 2. The minimum Gasteiger partial charge on any atom is -0.383 e. The van der Waals surface area contributed by atoms with Crippen LogP contribution in [0.2, 0.25) is 0 Å². The first-order chi connectivity index (χ1) is 12.9. The number of thiophene rings is 1.